The molecule has 0 N–H and O–H groups in total. The Labute approximate surface area is 133 Å². The lowest BCUT2D eigenvalue weighted by atomic mass is 10.2. The van der Waals surface area contributed by atoms with Crippen LogP contribution in [0.4, 0.5) is 11.4 Å². The highest BCUT2D eigenvalue weighted by atomic mass is 16.6. The minimum atomic E-state index is -0.364. The molecule has 1 saturated heterocycles. The third-order valence-corrected chi connectivity index (χ3v) is 4.15. The summed E-state index contributed by atoms with van der Waals surface area (Å²) < 4.78 is 1.80. The van der Waals surface area contributed by atoms with Crippen molar-refractivity contribution in [3.8, 4) is 0 Å². The van der Waals surface area contributed by atoms with Crippen molar-refractivity contribution in [3.63, 3.8) is 0 Å². The van der Waals surface area contributed by atoms with E-state index in [0.29, 0.717) is 37.6 Å². The van der Waals surface area contributed by atoms with Crippen LogP contribution in [0.2, 0.25) is 0 Å². The van der Waals surface area contributed by atoms with Gasteiger partial charge in [-0.05, 0) is 18.2 Å². The summed E-state index contributed by atoms with van der Waals surface area (Å²) in [5.74, 6) is -0.000267. The van der Waals surface area contributed by atoms with Crippen LogP contribution in [-0.2, 0) is 7.05 Å². The summed E-state index contributed by atoms with van der Waals surface area (Å²) in [6, 6.07) is 10.4. The number of rotatable bonds is 3. The van der Waals surface area contributed by atoms with Crippen LogP contribution in [0.15, 0.2) is 42.6 Å². The van der Waals surface area contributed by atoms with Crippen molar-refractivity contribution in [1.82, 2.24) is 9.47 Å². The monoisotopic (exact) mass is 314 g/mol. The van der Waals surface area contributed by atoms with Crippen molar-refractivity contribution in [1.29, 1.82) is 0 Å². The lowest BCUT2D eigenvalue weighted by molar-refractivity contribution is -0.384. The van der Waals surface area contributed by atoms with Gasteiger partial charge in [-0.25, -0.2) is 0 Å². The van der Waals surface area contributed by atoms with E-state index in [0.717, 1.165) is 0 Å². The number of hydrogen-bond acceptors (Lipinski definition) is 4. The molecule has 1 aromatic carbocycles. The van der Waals surface area contributed by atoms with E-state index >= 15 is 0 Å². The highest BCUT2D eigenvalue weighted by Crippen LogP contribution is 2.28. The number of nitro groups is 1. The second-order valence-corrected chi connectivity index (χ2v) is 5.53. The van der Waals surface area contributed by atoms with Crippen LogP contribution < -0.4 is 4.90 Å². The Balaban J connectivity index is 1.71. The van der Waals surface area contributed by atoms with Gasteiger partial charge in [0.15, 0.2) is 0 Å². The fourth-order valence-electron chi connectivity index (χ4n) is 2.88. The Bertz CT molecular complexity index is 732. The molecule has 0 aliphatic carbocycles. The van der Waals surface area contributed by atoms with Gasteiger partial charge in [0.05, 0.1) is 4.92 Å². The van der Waals surface area contributed by atoms with Gasteiger partial charge in [0, 0.05) is 45.5 Å². The van der Waals surface area contributed by atoms with Crippen LogP contribution in [0.5, 0.6) is 0 Å². The zero-order valence-corrected chi connectivity index (χ0v) is 12.9. The Morgan fingerprint density at radius 2 is 1.78 bits per heavy atom. The summed E-state index contributed by atoms with van der Waals surface area (Å²) in [6.45, 7) is 2.27. The van der Waals surface area contributed by atoms with Crippen LogP contribution >= 0.6 is 0 Å². The number of anilines is 1. The third kappa shape index (κ3) is 2.90. The van der Waals surface area contributed by atoms with Crippen molar-refractivity contribution < 1.29 is 9.72 Å². The largest absolute Gasteiger partial charge is 0.362 e. The first-order chi connectivity index (χ1) is 11.1. The van der Waals surface area contributed by atoms with E-state index in [-0.39, 0.29) is 16.5 Å². The molecule has 0 spiro atoms. The Morgan fingerprint density at radius 3 is 2.39 bits per heavy atom. The van der Waals surface area contributed by atoms with Gasteiger partial charge in [0.25, 0.3) is 11.6 Å². The second-order valence-electron chi connectivity index (χ2n) is 5.53. The van der Waals surface area contributed by atoms with E-state index in [1.54, 1.807) is 33.7 Å². The molecular weight excluding hydrogens is 296 g/mol. The molecule has 1 amide bonds. The van der Waals surface area contributed by atoms with Gasteiger partial charge in [-0.2, -0.15) is 0 Å². The lowest BCUT2D eigenvalue weighted by Gasteiger charge is -2.35. The average Bonchev–Trinajstić information content (AvgIpc) is 3.00. The quantitative estimate of drug-likeness (QED) is 0.641. The fourth-order valence-corrected chi connectivity index (χ4v) is 2.88. The molecule has 23 heavy (non-hydrogen) atoms. The zero-order chi connectivity index (χ0) is 16.4. The number of aryl methyl sites for hydroxylation is 1. The fraction of sp³-hybridized carbons (Fsp3) is 0.312. The molecular formula is C16H18N4O3. The Morgan fingerprint density at radius 1 is 1.09 bits per heavy atom. The molecule has 1 aliphatic rings. The van der Waals surface area contributed by atoms with Gasteiger partial charge in [-0.3, -0.25) is 14.9 Å². The molecule has 1 fully saturated rings. The molecule has 7 heteroatoms. The summed E-state index contributed by atoms with van der Waals surface area (Å²) in [4.78, 5) is 27.0. The van der Waals surface area contributed by atoms with Crippen LogP contribution in [0.3, 0.4) is 0 Å². The van der Waals surface area contributed by atoms with Gasteiger partial charge in [-0.1, -0.05) is 12.1 Å². The summed E-state index contributed by atoms with van der Waals surface area (Å²) in [5.41, 5.74) is 1.38. The average molecular weight is 314 g/mol. The topological polar surface area (TPSA) is 71.6 Å². The normalized spacial score (nSPS) is 14.8. The van der Waals surface area contributed by atoms with Gasteiger partial charge < -0.3 is 14.4 Å². The zero-order valence-electron chi connectivity index (χ0n) is 12.9. The van der Waals surface area contributed by atoms with Gasteiger partial charge in [0.1, 0.15) is 11.4 Å². The maximum Gasteiger partial charge on any atom is 0.292 e. The first kappa shape index (κ1) is 15.1. The molecule has 1 aromatic heterocycles. The highest BCUT2D eigenvalue weighted by Gasteiger charge is 2.26. The third-order valence-electron chi connectivity index (χ3n) is 4.15. The smallest absolute Gasteiger partial charge is 0.292 e. The van der Waals surface area contributed by atoms with Crippen LogP contribution in [0.1, 0.15) is 10.5 Å². The number of aromatic nitrogens is 1. The minimum Gasteiger partial charge on any atom is -0.362 e. The molecule has 1 aliphatic heterocycles. The molecule has 120 valence electrons. The van der Waals surface area contributed by atoms with E-state index in [1.165, 1.54) is 6.07 Å². The van der Waals surface area contributed by atoms with Crippen molar-refractivity contribution in [2.24, 2.45) is 7.05 Å². The molecule has 0 bridgehead atoms. The number of hydrogen-bond donors (Lipinski definition) is 0. The summed E-state index contributed by atoms with van der Waals surface area (Å²) in [7, 11) is 1.84. The molecule has 3 rings (SSSR count). The molecule has 2 heterocycles. The van der Waals surface area contributed by atoms with E-state index in [1.807, 2.05) is 24.2 Å². The number of carbonyl (C=O) groups excluding carboxylic acids is 1. The number of nitrogens with zero attached hydrogens (tertiary/aromatic N) is 4. The van der Waals surface area contributed by atoms with E-state index in [9.17, 15) is 14.9 Å². The Kier molecular flexibility index (Phi) is 4.01. The Hall–Kier alpha value is -2.83. The lowest BCUT2D eigenvalue weighted by Crippen LogP contribution is -2.49. The highest BCUT2D eigenvalue weighted by molar-refractivity contribution is 5.93. The van der Waals surface area contributed by atoms with Crippen molar-refractivity contribution in [2.45, 2.75) is 0 Å². The maximum absolute atomic E-state index is 12.5. The molecule has 0 radical (unpaired) electrons. The molecule has 0 unspecified atom stereocenters. The molecule has 2 aromatic rings. The minimum absolute atomic E-state index is 0.000267. The van der Waals surface area contributed by atoms with Gasteiger partial charge in [0.2, 0.25) is 0 Å². The molecule has 0 atom stereocenters. The maximum atomic E-state index is 12.5. The number of benzene rings is 1. The van der Waals surface area contributed by atoms with Crippen molar-refractivity contribution in [3.05, 3.63) is 58.4 Å². The summed E-state index contributed by atoms with van der Waals surface area (Å²) >= 11 is 0. The summed E-state index contributed by atoms with van der Waals surface area (Å²) in [6.07, 6.45) is 1.84. The number of amides is 1. The van der Waals surface area contributed by atoms with Crippen molar-refractivity contribution in [2.75, 3.05) is 31.1 Å². The number of nitro benzene ring substituents is 1. The standard InChI is InChI=1S/C16H18N4O3/c1-17-8-4-7-15(17)16(21)19-11-9-18(10-12-19)13-5-2-3-6-14(13)20(22)23/h2-8H,9-12H2,1H3. The van der Waals surface area contributed by atoms with Gasteiger partial charge >= 0.3 is 0 Å². The predicted octanol–water partition coefficient (Wildman–Crippen LogP) is 1.90. The molecule has 0 saturated carbocycles. The van der Waals surface area contributed by atoms with Crippen molar-refractivity contribution >= 4 is 17.3 Å². The number of carbonyl (C=O) groups is 1. The summed E-state index contributed by atoms with van der Waals surface area (Å²) in [5, 5.41) is 11.1. The van der Waals surface area contributed by atoms with Gasteiger partial charge in [-0.15, -0.1) is 0 Å². The molecule has 7 nitrogen and oxygen atoms in total. The van der Waals surface area contributed by atoms with E-state index < -0.39 is 0 Å². The first-order valence-electron chi connectivity index (χ1n) is 7.47. The van der Waals surface area contributed by atoms with E-state index in [4.69, 9.17) is 0 Å². The van der Waals surface area contributed by atoms with Crippen LogP contribution in [0.25, 0.3) is 0 Å². The predicted molar refractivity (Wildman–Crippen MR) is 86.6 cm³/mol. The first-order valence-corrected chi connectivity index (χ1v) is 7.47. The van der Waals surface area contributed by atoms with E-state index in [2.05, 4.69) is 0 Å². The van der Waals surface area contributed by atoms with Crippen LogP contribution in [-0.4, -0.2) is 46.5 Å². The second kappa shape index (κ2) is 6.12. The number of para-hydroxylation sites is 2. The van der Waals surface area contributed by atoms with Crippen LogP contribution in [0, 0.1) is 10.1 Å². The number of piperazine rings is 1. The SMILES string of the molecule is Cn1cccc1C(=O)N1CCN(c2ccccc2[N+](=O)[O-])CC1.